The summed E-state index contributed by atoms with van der Waals surface area (Å²) < 4.78 is 0. The van der Waals surface area contributed by atoms with Gasteiger partial charge in [-0.25, -0.2) is 0 Å². The van der Waals surface area contributed by atoms with Gasteiger partial charge < -0.3 is 10.2 Å². The van der Waals surface area contributed by atoms with Crippen LogP contribution in [0.15, 0.2) is 48.5 Å². The monoisotopic (exact) mass is 391 g/mol. The Kier molecular flexibility index (Phi) is 6.54. The molecule has 6 heteroatoms. The fourth-order valence-electron chi connectivity index (χ4n) is 3.21. The van der Waals surface area contributed by atoms with Gasteiger partial charge in [0.15, 0.2) is 0 Å². The van der Waals surface area contributed by atoms with Crippen LogP contribution in [0.5, 0.6) is 0 Å². The Labute approximate surface area is 164 Å². The van der Waals surface area contributed by atoms with Crippen LogP contribution >= 0.6 is 23.2 Å². The molecule has 1 heterocycles. The maximum absolute atomic E-state index is 12.5. The summed E-state index contributed by atoms with van der Waals surface area (Å²) in [5.74, 6) is -0.104. The van der Waals surface area contributed by atoms with Crippen LogP contribution in [0.2, 0.25) is 10.0 Å². The highest BCUT2D eigenvalue weighted by molar-refractivity contribution is 6.31. The number of rotatable bonds is 5. The largest absolute Gasteiger partial charge is 0.350 e. The Balaban J connectivity index is 1.74. The van der Waals surface area contributed by atoms with Crippen LogP contribution in [0.4, 0.5) is 0 Å². The fourth-order valence-corrected chi connectivity index (χ4v) is 3.60. The molecule has 0 saturated carbocycles. The second-order valence-electron chi connectivity index (χ2n) is 6.59. The molecule has 4 nitrogen and oxygen atoms in total. The molecule has 3 rings (SSSR count). The Hall–Kier alpha value is -1.59. The SMILES string of the molecule is CN1CCN(C(CNC(=O)c2ccc(Cl)cc2)c2ccccc2Cl)CC1. The van der Waals surface area contributed by atoms with Crippen LogP contribution in [0.25, 0.3) is 0 Å². The van der Waals surface area contributed by atoms with E-state index in [4.69, 9.17) is 23.2 Å². The quantitative estimate of drug-likeness (QED) is 0.843. The van der Waals surface area contributed by atoms with Gasteiger partial charge in [0.2, 0.25) is 0 Å². The minimum atomic E-state index is -0.104. The summed E-state index contributed by atoms with van der Waals surface area (Å²) in [6.45, 7) is 4.42. The lowest BCUT2D eigenvalue weighted by Crippen LogP contribution is -2.48. The molecule has 0 bridgehead atoms. The molecule has 1 aliphatic heterocycles. The molecular weight excluding hydrogens is 369 g/mol. The number of hydrogen-bond donors (Lipinski definition) is 1. The van der Waals surface area contributed by atoms with E-state index in [1.807, 2.05) is 24.3 Å². The number of nitrogens with zero attached hydrogens (tertiary/aromatic N) is 2. The van der Waals surface area contributed by atoms with E-state index in [1.165, 1.54) is 0 Å². The first-order valence-electron chi connectivity index (χ1n) is 8.75. The highest BCUT2D eigenvalue weighted by Gasteiger charge is 2.26. The minimum Gasteiger partial charge on any atom is -0.350 e. The lowest BCUT2D eigenvalue weighted by atomic mass is 10.0. The molecule has 0 aliphatic carbocycles. The third-order valence-corrected chi connectivity index (χ3v) is 5.40. The van der Waals surface area contributed by atoms with Crippen LogP contribution in [0.3, 0.4) is 0 Å². The van der Waals surface area contributed by atoms with Crippen LogP contribution in [-0.4, -0.2) is 55.5 Å². The molecule has 1 aliphatic rings. The minimum absolute atomic E-state index is 0.0497. The van der Waals surface area contributed by atoms with Crippen molar-refractivity contribution in [3.63, 3.8) is 0 Å². The van der Waals surface area contributed by atoms with Crippen molar-refractivity contribution in [1.29, 1.82) is 0 Å². The van der Waals surface area contributed by atoms with Crippen LogP contribution < -0.4 is 5.32 Å². The lowest BCUT2D eigenvalue weighted by Gasteiger charge is -2.38. The Morgan fingerprint density at radius 3 is 2.35 bits per heavy atom. The Morgan fingerprint density at radius 2 is 1.69 bits per heavy atom. The zero-order valence-electron chi connectivity index (χ0n) is 14.8. The number of benzene rings is 2. The average molecular weight is 392 g/mol. The van der Waals surface area contributed by atoms with E-state index in [0.717, 1.165) is 36.8 Å². The van der Waals surface area contributed by atoms with E-state index in [9.17, 15) is 4.79 Å². The van der Waals surface area contributed by atoms with Gasteiger partial charge in [-0.05, 0) is 42.9 Å². The van der Waals surface area contributed by atoms with Crippen LogP contribution in [-0.2, 0) is 0 Å². The highest BCUT2D eigenvalue weighted by atomic mass is 35.5. The van der Waals surface area contributed by atoms with Crippen LogP contribution in [0, 0.1) is 0 Å². The van der Waals surface area contributed by atoms with E-state index in [0.29, 0.717) is 17.1 Å². The summed E-state index contributed by atoms with van der Waals surface area (Å²) >= 11 is 12.3. The summed E-state index contributed by atoms with van der Waals surface area (Å²) in [6.07, 6.45) is 0. The van der Waals surface area contributed by atoms with E-state index < -0.39 is 0 Å². The van der Waals surface area contributed by atoms with Gasteiger partial charge in [0, 0.05) is 48.3 Å². The first kappa shape index (κ1) is 19.2. The maximum Gasteiger partial charge on any atom is 0.251 e. The number of halogens is 2. The predicted octanol–water partition coefficient (Wildman–Crippen LogP) is 3.71. The Bertz CT molecular complexity index is 743. The number of hydrogen-bond acceptors (Lipinski definition) is 3. The normalized spacial score (nSPS) is 17.0. The molecule has 0 radical (unpaired) electrons. The van der Waals surface area contributed by atoms with Crippen molar-refractivity contribution in [3.05, 3.63) is 69.7 Å². The molecular formula is C20H23Cl2N3O. The fraction of sp³-hybridized carbons (Fsp3) is 0.350. The summed E-state index contributed by atoms with van der Waals surface area (Å²) in [7, 11) is 2.13. The number of amides is 1. The van der Waals surface area contributed by atoms with Gasteiger partial charge in [-0.3, -0.25) is 9.69 Å². The summed E-state index contributed by atoms with van der Waals surface area (Å²) in [5.41, 5.74) is 1.65. The van der Waals surface area contributed by atoms with Gasteiger partial charge in [-0.1, -0.05) is 41.4 Å². The van der Waals surface area contributed by atoms with Gasteiger partial charge >= 0.3 is 0 Å². The van der Waals surface area contributed by atoms with Crippen molar-refractivity contribution in [1.82, 2.24) is 15.1 Å². The second-order valence-corrected chi connectivity index (χ2v) is 7.44. The van der Waals surface area contributed by atoms with Gasteiger partial charge in [0.25, 0.3) is 5.91 Å². The molecule has 2 aromatic carbocycles. The number of carbonyl (C=O) groups is 1. The zero-order chi connectivity index (χ0) is 18.5. The predicted molar refractivity (Wildman–Crippen MR) is 107 cm³/mol. The molecule has 1 amide bonds. The number of nitrogens with one attached hydrogen (secondary N) is 1. The van der Waals surface area contributed by atoms with Gasteiger partial charge in [0.05, 0.1) is 6.04 Å². The first-order valence-corrected chi connectivity index (χ1v) is 9.51. The summed E-state index contributed by atoms with van der Waals surface area (Å²) in [4.78, 5) is 17.2. The zero-order valence-corrected chi connectivity index (χ0v) is 16.3. The topological polar surface area (TPSA) is 35.6 Å². The molecule has 138 valence electrons. The molecule has 1 atom stereocenters. The molecule has 0 spiro atoms. The van der Waals surface area contributed by atoms with E-state index in [-0.39, 0.29) is 11.9 Å². The molecule has 1 fully saturated rings. The maximum atomic E-state index is 12.5. The molecule has 2 aromatic rings. The Morgan fingerprint density at radius 1 is 1.04 bits per heavy atom. The number of piperazine rings is 1. The highest BCUT2D eigenvalue weighted by Crippen LogP contribution is 2.28. The standard InChI is InChI=1S/C20H23Cl2N3O/c1-24-10-12-25(13-11-24)19(17-4-2-3-5-18(17)22)14-23-20(26)15-6-8-16(21)9-7-15/h2-9,19H,10-14H2,1H3,(H,23,26). The second kappa shape index (κ2) is 8.87. The van der Waals surface area contributed by atoms with Crippen molar-refractivity contribution in [2.24, 2.45) is 0 Å². The van der Waals surface area contributed by atoms with Crippen molar-refractivity contribution < 1.29 is 4.79 Å². The average Bonchev–Trinajstić information content (AvgIpc) is 2.65. The van der Waals surface area contributed by atoms with Crippen molar-refractivity contribution >= 4 is 29.1 Å². The third kappa shape index (κ3) is 4.77. The molecule has 26 heavy (non-hydrogen) atoms. The van der Waals surface area contributed by atoms with Crippen molar-refractivity contribution in [2.75, 3.05) is 39.8 Å². The molecule has 1 unspecified atom stereocenters. The van der Waals surface area contributed by atoms with Crippen LogP contribution in [0.1, 0.15) is 22.0 Å². The molecule has 1 N–H and O–H groups in total. The smallest absolute Gasteiger partial charge is 0.251 e. The molecule has 0 aromatic heterocycles. The lowest BCUT2D eigenvalue weighted by molar-refractivity contribution is 0.0886. The number of carbonyl (C=O) groups excluding carboxylic acids is 1. The third-order valence-electron chi connectivity index (χ3n) is 4.81. The van der Waals surface area contributed by atoms with Crippen molar-refractivity contribution in [2.45, 2.75) is 6.04 Å². The number of likely N-dealkylation sites (N-methyl/N-ethyl adjacent to an activating group) is 1. The van der Waals surface area contributed by atoms with Gasteiger partial charge in [-0.15, -0.1) is 0 Å². The first-order chi connectivity index (χ1) is 12.5. The van der Waals surface area contributed by atoms with Gasteiger partial charge in [-0.2, -0.15) is 0 Å². The molecule has 1 saturated heterocycles. The van der Waals surface area contributed by atoms with Crippen molar-refractivity contribution in [3.8, 4) is 0 Å². The summed E-state index contributed by atoms with van der Waals surface area (Å²) in [6, 6.07) is 14.8. The van der Waals surface area contributed by atoms with E-state index >= 15 is 0 Å². The van der Waals surface area contributed by atoms with E-state index in [1.54, 1.807) is 24.3 Å². The van der Waals surface area contributed by atoms with Gasteiger partial charge in [0.1, 0.15) is 0 Å². The van der Waals surface area contributed by atoms with E-state index in [2.05, 4.69) is 22.2 Å². The summed E-state index contributed by atoms with van der Waals surface area (Å²) in [5, 5.41) is 4.41.